The van der Waals surface area contributed by atoms with Gasteiger partial charge in [0.25, 0.3) is 0 Å². The molecule has 0 bridgehead atoms. The largest absolute Gasteiger partial charge is 0.470 e. The normalized spacial score (nSPS) is 11.2. The van der Waals surface area contributed by atoms with Gasteiger partial charge in [0.05, 0.1) is 5.69 Å². The first-order valence-electron chi connectivity index (χ1n) is 6.32. The number of aromatic nitrogens is 1. The standard InChI is InChI=1S/C15H18FN3O/c1-15(2,3)20-14-12(17)7-8-13(19-14)18-11-6-4-5-10(16)9-11/h4-9H,17H2,1-3H3,(H,18,19). The molecule has 3 N–H and O–H groups in total. The van der Waals surface area contributed by atoms with Crippen molar-refractivity contribution in [1.82, 2.24) is 4.98 Å². The van der Waals surface area contributed by atoms with Gasteiger partial charge in [-0.2, -0.15) is 4.98 Å². The van der Waals surface area contributed by atoms with Crippen LogP contribution in [0.4, 0.5) is 21.6 Å². The van der Waals surface area contributed by atoms with Crippen LogP contribution in [-0.4, -0.2) is 10.6 Å². The highest BCUT2D eigenvalue weighted by molar-refractivity contribution is 5.60. The van der Waals surface area contributed by atoms with Gasteiger partial charge in [-0.25, -0.2) is 4.39 Å². The van der Waals surface area contributed by atoms with Crippen LogP contribution in [0.15, 0.2) is 36.4 Å². The summed E-state index contributed by atoms with van der Waals surface area (Å²) in [6.45, 7) is 5.75. The molecular formula is C15H18FN3O. The van der Waals surface area contributed by atoms with Crippen LogP contribution in [0.3, 0.4) is 0 Å². The molecule has 0 atom stereocenters. The molecule has 1 aromatic carbocycles. The molecule has 1 aromatic heterocycles. The maximum atomic E-state index is 13.1. The fourth-order valence-corrected chi connectivity index (χ4v) is 1.61. The summed E-state index contributed by atoms with van der Waals surface area (Å²) in [5, 5.41) is 3.01. The number of ether oxygens (including phenoxy) is 1. The van der Waals surface area contributed by atoms with Gasteiger partial charge in [-0.3, -0.25) is 0 Å². The predicted octanol–water partition coefficient (Wildman–Crippen LogP) is 3.72. The molecule has 0 aliphatic carbocycles. The first-order valence-corrected chi connectivity index (χ1v) is 6.32. The van der Waals surface area contributed by atoms with Gasteiger partial charge in [-0.1, -0.05) is 6.07 Å². The van der Waals surface area contributed by atoms with E-state index in [0.717, 1.165) is 0 Å². The van der Waals surface area contributed by atoms with Gasteiger partial charge in [-0.15, -0.1) is 0 Å². The summed E-state index contributed by atoms with van der Waals surface area (Å²) in [5.41, 5.74) is 6.53. The third kappa shape index (κ3) is 3.85. The number of nitrogens with zero attached hydrogens (tertiary/aromatic N) is 1. The molecule has 2 rings (SSSR count). The molecule has 0 aliphatic heterocycles. The van der Waals surface area contributed by atoms with Crippen molar-refractivity contribution >= 4 is 17.2 Å². The van der Waals surface area contributed by atoms with E-state index in [9.17, 15) is 4.39 Å². The molecule has 0 radical (unpaired) electrons. The Hall–Kier alpha value is -2.30. The highest BCUT2D eigenvalue weighted by Crippen LogP contribution is 2.26. The van der Waals surface area contributed by atoms with E-state index in [0.29, 0.717) is 23.1 Å². The number of anilines is 3. The van der Waals surface area contributed by atoms with Gasteiger partial charge in [0.2, 0.25) is 5.88 Å². The zero-order chi connectivity index (χ0) is 14.8. The number of hydrogen-bond donors (Lipinski definition) is 2. The Morgan fingerprint density at radius 1 is 1.20 bits per heavy atom. The first-order chi connectivity index (χ1) is 9.33. The second kappa shape index (κ2) is 5.36. The molecule has 106 valence electrons. The van der Waals surface area contributed by atoms with E-state index in [2.05, 4.69) is 10.3 Å². The molecule has 0 aliphatic rings. The number of nitrogens with two attached hydrogens (primary N) is 1. The maximum absolute atomic E-state index is 13.1. The van der Waals surface area contributed by atoms with Gasteiger partial charge in [0.1, 0.15) is 17.2 Å². The predicted molar refractivity (Wildman–Crippen MR) is 78.7 cm³/mol. The van der Waals surface area contributed by atoms with Crippen LogP contribution in [0.5, 0.6) is 5.88 Å². The Kier molecular flexibility index (Phi) is 3.79. The van der Waals surface area contributed by atoms with E-state index >= 15 is 0 Å². The van der Waals surface area contributed by atoms with Gasteiger partial charge >= 0.3 is 0 Å². The van der Waals surface area contributed by atoms with E-state index in [1.807, 2.05) is 20.8 Å². The van der Waals surface area contributed by atoms with Crippen LogP contribution in [0.25, 0.3) is 0 Å². The number of benzene rings is 1. The van der Waals surface area contributed by atoms with Crippen molar-refractivity contribution in [2.24, 2.45) is 0 Å². The highest BCUT2D eigenvalue weighted by atomic mass is 19.1. The monoisotopic (exact) mass is 275 g/mol. The van der Waals surface area contributed by atoms with Crippen molar-refractivity contribution in [3.8, 4) is 5.88 Å². The lowest BCUT2D eigenvalue weighted by molar-refractivity contribution is 0.125. The smallest absolute Gasteiger partial charge is 0.239 e. The Bertz CT molecular complexity index is 608. The molecule has 0 fully saturated rings. The van der Waals surface area contributed by atoms with Gasteiger partial charge in [0.15, 0.2) is 0 Å². The number of hydrogen-bond acceptors (Lipinski definition) is 4. The molecule has 20 heavy (non-hydrogen) atoms. The Labute approximate surface area is 117 Å². The van der Waals surface area contributed by atoms with Crippen LogP contribution in [0, 0.1) is 5.82 Å². The summed E-state index contributed by atoms with van der Waals surface area (Å²) in [6.07, 6.45) is 0. The van der Waals surface area contributed by atoms with Crippen molar-refractivity contribution in [2.45, 2.75) is 26.4 Å². The third-order valence-electron chi connectivity index (χ3n) is 2.39. The van der Waals surface area contributed by atoms with Crippen molar-refractivity contribution in [2.75, 3.05) is 11.1 Å². The van der Waals surface area contributed by atoms with Crippen LogP contribution >= 0.6 is 0 Å². The van der Waals surface area contributed by atoms with Gasteiger partial charge in [0, 0.05) is 5.69 Å². The lowest BCUT2D eigenvalue weighted by Gasteiger charge is -2.21. The molecule has 2 aromatic rings. The Balaban J connectivity index is 2.23. The molecule has 0 spiro atoms. The quantitative estimate of drug-likeness (QED) is 0.896. The van der Waals surface area contributed by atoms with Crippen LogP contribution in [-0.2, 0) is 0 Å². The third-order valence-corrected chi connectivity index (χ3v) is 2.39. The van der Waals surface area contributed by atoms with E-state index in [1.165, 1.54) is 12.1 Å². The SMILES string of the molecule is CC(C)(C)Oc1nc(Nc2cccc(F)c2)ccc1N. The summed E-state index contributed by atoms with van der Waals surface area (Å²) < 4.78 is 18.8. The average Bonchev–Trinajstić information content (AvgIpc) is 2.32. The van der Waals surface area contributed by atoms with Gasteiger partial charge < -0.3 is 15.8 Å². The van der Waals surface area contributed by atoms with Crippen molar-refractivity contribution in [3.05, 3.63) is 42.2 Å². The van der Waals surface area contributed by atoms with Gasteiger partial charge in [-0.05, 0) is 51.1 Å². The summed E-state index contributed by atoms with van der Waals surface area (Å²) in [6, 6.07) is 9.58. The van der Waals surface area contributed by atoms with Crippen molar-refractivity contribution < 1.29 is 9.13 Å². The minimum Gasteiger partial charge on any atom is -0.470 e. The number of pyridine rings is 1. The lowest BCUT2D eigenvalue weighted by Crippen LogP contribution is -2.24. The van der Waals surface area contributed by atoms with E-state index in [-0.39, 0.29) is 5.82 Å². The lowest BCUT2D eigenvalue weighted by atomic mass is 10.2. The molecule has 0 saturated carbocycles. The topological polar surface area (TPSA) is 60.2 Å². The Morgan fingerprint density at radius 2 is 1.95 bits per heavy atom. The molecule has 0 unspecified atom stereocenters. The molecule has 5 heteroatoms. The highest BCUT2D eigenvalue weighted by Gasteiger charge is 2.15. The fourth-order valence-electron chi connectivity index (χ4n) is 1.61. The van der Waals surface area contributed by atoms with Crippen molar-refractivity contribution in [1.29, 1.82) is 0 Å². The van der Waals surface area contributed by atoms with Crippen molar-refractivity contribution in [3.63, 3.8) is 0 Å². The van der Waals surface area contributed by atoms with Crippen LogP contribution in [0.2, 0.25) is 0 Å². The molecule has 1 heterocycles. The van der Waals surface area contributed by atoms with E-state index in [4.69, 9.17) is 10.5 Å². The zero-order valence-corrected chi connectivity index (χ0v) is 11.8. The number of halogens is 1. The number of nitrogen functional groups attached to an aromatic ring is 1. The summed E-state index contributed by atoms with van der Waals surface area (Å²) in [5.74, 6) is 0.597. The average molecular weight is 275 g/mol. The summed E-state index contributed by atoms with van der Waals surface area (Å²) in [4.78, 5) is 4.30. The second-order valence-corrected chi connectivity index (χ2v) is 5.44. The minimum absolute atomic E-state index is 0.309. The molecule has 0 saturated heterocycles. The zero-order valence-electron chi connectivity index (χ0n) is 11.8. The molecule has 0 amide bonds. The van der Waals surface area contributed by atoms with Crippen LogP contribution < -0.4 is 15.8 Å². The summed E-state index contributed by atoms with van der Waals surface area (Å²) in [7, 11) is 0. The minimum atomic E-state index is -0.390. The number of rotatable bonds is 3. The van der Waals surface area contributed by atoms with E-state index in [1.54, 1.807) is 24.3 Å². The second-order valence-electron chi connectivity index (χ2n) is 5.44. The molecule has 4 nitrogen and oxygen atoms in total. The van der Waals surface area contributed by atoms with E-state index < -0.39 is 5.60 Å². The Morgan fingerprint density at radius 3 is 2.60 bits per heavy atom. The molecular weight excluding hydrogens is 257 g/mol. The fraction of sp³-hybridized carbons (Fsp3) is 0.267. The summed E-state index contributed by atoms with van der Waals surface area (Å²) >= 11 is 0. The maximum Gasteiger partial charge on any atom is 0.239 e. The number of nitrogens with one attached hydrogen (secondary N) is 1. The van der Waals surface area contributed by atoms with Crippen LogP contribution in [0.1, 0.15) is 20.8 Å². The first kappa shape index (κ1) is 14.1.